The zero-order valence-corrected chi connectivity index (χ0v) is 22.4. The van der Waals surface area contributed by atoms with Crippen molar-refractivity contribution in [1.29, 1.82) is 0 Å². The summed E-state index contributed by atoms with van der Waals surface area (Å²) >= 11 is 0. The molecule has 0 aliphatic heterocycles. The van der Waals surface area contributed by atoms with Crippen LogP contribution in [0.1, 0.15) is 42.3 Å². The van der Waals surface area contributed by atoms with E-state index in [1.54, 1.807) is 20.8 Å². The second-order valence-electron chi connectivity index (χ2n) is 10.3. The van der Waals surface area contributed by atoms with Gasteiger partial charge in [-0.1, -0.05) is 11.2 Å². The van der Waals surface area contributed by atoms with Crippen LogP contribution >= 0.6 is 0 Å². The van der Waals surface area contributed by atoms with E-state index in [-0.39, 0.29) is 5.82 Å². The van der Waals surface area contributed by atoms with E-state index in [0.29, 0.717) is 57.1 Å². The van der Waals surface area contributed by atoms with Gasteiger partial charge in [0.25, 0.3) is 0 Å². The van der Waals surface area contributed by atoms with Crippen molar-refractivity contribution in [2.45, 2.75) is 47.1 Å². The van der Waals surface area contributed by atoms with E-state index in [0.717, 1.165) is 22.0 Å². The first-order chi connectivity index (χ1) is 18.5. The van der Waals surface area contributed by atoms with Crippen LogP contribution in [0.4, 0.5) is 4.39 Å². The van der Waals surface area contributed by atoms with Crippen LogP contribution in [0.3, 0.4) is 0 Å². The summed E-state index contributed by atoms with van der Waals surface area (Å²) in [6, 6.07) is 10.4. The van der Waals surface area contributed by atoms with Gasteiger partial charge in [0.2, 0.25) is 11.7 Å². The maximum atomic E-state index is 14.0. The van der Waals surface area contributed by atoms with Crippen LogP contribution in [-0.2, 0) is 5.60 Å². The number of hydrogen-bond donors (Lipinski definition) is 2. The van der Waals surface area contributed by atoms with Crippen molar-refractivity contribution < 1.29 is 18.8 Å². The molecular weight excluding hydrogens is 499 g/mol. The Labute approximate surface area is 223 Å². The summed E-state index contributed by atoms with van der Waals surface area (Å²) in [7, 11) is 0. The Morgan fingerprint density at radius 2 is 1.74 bits per heavy atom. The van der Waals surface area contributed by atoms with Crippen LogP contribution < -0.4 is 4.74 Å². The van der Waals surface area contributed by atoms with Crippen LogP contribution in [-0.4, -0.2) is 34.8 Å². The Morgan fingerprint density at radius 1 is 1.00 bits per heavy atom. The number of pyridine rings is 1. The molecule has 0 spiro atoms. The molecule has 0 radical (unpaired) electrons. The van der Waals surface area contributed by atoms with Crippen LogP contribution in [0.15, 0.2) is 47.1 Å². The quantitative estimate of drug-likeness (QED) is 0.270. The van der Waals surface area contributed by atoms with Gasteiger partial charge in [-0.2, -0.15) is 4.98 Å². The van der Waals surface area contributed by atoms with Crippen LogP contribution in [0.25, 0.3) is 39.2 Å². The van der Waals surface area contributed by atoms with Crippen LogP contribution in [0.2, 0.25) is 0 Å². The van der Waals surface area contributed by atoms with E-state index in [9.17, 15) is 9.50 Å². The number of ether oxygens (including phenoxy) is 1. The average Bonchev–Trinajstić information content (AvgIpc) is 3.58. The minimum Gasteiger partial charge on any atom is -0.456 e. The summed E-state index contributed by atoms with van der Waals surface area (Å²) < 4.78 is 27.6. The smallest absolute Gasteiger partial charge is 0.223 e. The molecule has 0 aliphatic rings. The van der Waals surface area contributed by atoms with Gasteiger partial charge >= 0.3 is 0 Å². The number of fused-ring (bicyclic) bond motifs is 3. The van der Waals surface area contributed by atoms with Crippen molar-refractivity contribution in [2.75, 3.05) is 0 Å². The zero-order valence-electron chi connectivity index (χ0n) is 22.4. The summed E-state index contributed by atoms with van der Waals surface area (Å²) in [6.07, 6.45) is 1.95. The Balaban J connectivity index is 1.65. The Bertz CT molecular complexity index is 1870. The lowest BCUT2D eigenvalue weighted by Gasteiger charge is -2.22. The number of nitrogens with one attached hydrogen (secondary N) is 1. The fourth-order valence-electron chi connectivity index (χ4n) is 4.86. The molecule has 6 aromatic rings. The number of aromatic nitrogens is 6. The highest BCUT2D eigenvalue weighted by molar-refractivity contribution is 6.04. The summed E-state index contributed by atoms with van der Waals surface area (Å²) in [5, 5.41) is 24.4. The number of H-pyrrole nitrogens is 1. The molecule has 0 saturated carbocycles. The van der Waals surface area contributed by atoms with E-state index in [1.165, 1.54) is 12.1 Å². The number of nitrogens with zero attached hydrogens (tertiary/aromatic N) is 5. The molecule has 9 nitrogen and oxygen atoms in total. The average molecular weight is 527 g/mol. The maximum absolute atomic E-state index is 14.0. The van der Waals surface area contributed by atoms with E-state index in [2.05, 4.69) is 25.3 Å². The first-order valence-corrected chi connectivity index (χ1v) is 12.5. The van der Waals surface area contributed by atoms with Crippen LogP contribution in [0.5, 0.6) is 11.5 Å². The topological polar surface area (TPSA) is 114 Å². The van der Waals surface area contributed by atoms with Gasteiger partial charge < -0.3 is 19.4 Å². The normalized spacial score (nSPS) is 12.1. The Kier molecular flexibility index (Phi) is 5.55. The summed E-state index contributed by atoms with van der Waals surface area (Å²) in [6.45, 7) is 10.7. The van der Waals surface area contributed by atoms with Gasteiger partial charge in [-0.25, -0.2) is 4.39 Å². The third kappa shape index (κ3) is 4.22. The van der Waals surface area contributed by atoms with Gasteiger partial charge in [0.1, 0.15) is 23.1 Å². The molecular formula is C29H27FN6O3. The Hall–Kier alpha value is -4.57. The maximum Gasteiger partial charge on any atom is 0.223 e. The predicted molar refractivity (Wildman–Crippen MR) is 144 cm³/mol. The van der Waals surface area contributed by atoms with E-state index < -0.39 is 5.60 Å². The molecule has 0 fully saturated rings. The third-order valence-corrected chi connectivity index (χ3v) is 6.84. The highest BCUT2D eigenvalue weighted by Gasteiger charge is 2.24. The minimum absolute atomic E-state index is 0.318. The van der Waals surface area contributed by atoms with E-state index in [1.807, 2.05) is 55.6 Å². The lowest BCUT2D eigenvalue weighted by molar-refractivity contribution is 0.0786. The molecule has 0 saturated heterocycles. The zero-order chi connectivity index (χ0) is 27.6. The second-order valence-corrected chi connectivity index (χ2v) is 10.3. The molecule has 10 heteroatoms. The van der Waals surface area contributed by atoms with Crippen molar-refractivity contribution in [3.8, 4) is 34.1 Å². The van der Waals surface area contributed by atoms with Crippen LogP contribution in [0, 0.1) is 33.5 Å². The number of aliphatic hydroxyl groups is 1. The van der Waals surface area contributed by atoms with Gasteiger partial charge in [-0.15, -0.1) is 10.2 Å². The molecule has 0 unspecified atom stereocenters. The number of aryl methyl sites for hydroxylation is 4. The number of aromatic amines is 1. The number of rotatable bonds is 5. The highest BCUT2D eigenvalue weighted by Crippen LogP contribution is 2.42. The van der Waals surface area contributed by atoms with E-state index >= 15 is 0 Å². The number of benzene rings is 2. The second kappa shape index (κ2) is 8.74. The first-order valence-electron chi connectivity index (χ1n) is 12.5. The molecule has 198 valence electrons. The monoisotopic (exact) mass is 526 g/mol. The van der Waals surface area contributed by atoms with E-state index in [4.69, 9.17) is 9.26 Å². The molecule has 4 heterocycles. The van der Waals surface area contributed by atoms with Crippen molar-refractivity contribution in [1.82, 2.24) is 29.7 Å². The largest absolute Gasteiger partial charge is 0.456 e. The Morgan fingerprint density at radius 3 is 2.41 bits per heavy atom. The molecule has 0 bridgehead atoms. The molecule has 0 atom stereocenters. The van der Waals surface area contributed by atoms with Gasteiger partial charge in [0.15, 0.2) is 5.65 Å². The van der Waals surface area contributed by atoms with Crippen molar-refractivity contribution in [3.63, 3.8) is 0 Å². The molecule has 39 heavy (non-hydrogen) atoms. The SMILES string of the molecule is Cc1nc(-c2cc3c(-c4cc(C(C)(C)O)ccc4Oc4c(C)cc(F)cc4C)cn4c(C)nnc4c3[nH]2)no1. The fourth-order valence-corrected chi connectivity index (χ4v) is 4.86. The molecule has 6 rings (SSSR count). The van der Waals surface area contributed by atoms with Crippen molar-refractivity contribution >= 4 is 16.6 Å². The molecule has 4 aromatic heterocycles. The standard InChI is InChI=1S/C29H27FN6O3/c1-14-9-19(30)10-15(2)26(14)38-24-8-7-18(29(5,6)37)11-20(24)22-13-36-16(3)33-34-28(36)25-21(22)12-23(32-25)27-31-17(4)39-35-27/h7-13,32,37H,1-6H3. The highest BCUT2D eigenvalue weighted by atomic mass is 19.1. The fraction of sp³-hybridized carbons (Fsp3) is 0.241. The van der Waals surface area contributed by atoms with Crippen molar-refractivity contribution in [2.24, 2.45) is 0 Å². The van der Waals surface area contributed by atoms with Gasteiger partial charge in [0.05, 0.1) is 16.8 Å². The third-order valence-electron chi connectivity index (χ3n) is 6.84. The van der Waals surface area contributed by atoms with Gasteiger partial charge in [0, 0.05) is 29.6 Å². The van der Waals surface area contributed by atoms with Crippen molar-refractivity contribution in [3.05, 3.63) is 76.8 Å². The molecule has 2 N–H and O–H groups in total. The number of halogens is 1. The predicted octanol–water partition coefficient (Wildman–Crippen LogP) is 6.32. The first kappa shape index (κ1) is 24.7. The number of hydrogen-bond acceptors (Lipinski definition) is 7. The lowest BCUT2D eigenvalue weighted by Crippen LogP contribution is -2.15. The van der Waals surface area contributed by atoms with Gasteiger partial charge in [-0.05, 0) is 81.6 Å². The minimum atomic E-state index is -1.10. The summed E-state index contributed by atoms with van der Waals surface area (Å²) in [4.78, 5) is 7.76. The lowest BCUT2D eigenvalue weighted by atomic mass is 9.93. The van der Waals surface area contributed by atoms with Gasteiger partial charge in [-0.3, -0.25) is 4.40 Å². The molecule has 0 amide bonds. The summed E-state index contributed by atoms with van der Waals surface area (Å²) in [5.41, 5.74) is 4.53. The summed E-state index contributed by atoms with van der Waals surface area (Å²) in [5.74, 6) is 2.37. The molecule has 0 aliphatic carbocycles. The molecule has 2 aromatic carbocycles.